The summed E-state index contributed by atoms with van der Waals surface area (Å²) in [5, 5.41) is 0. The maximum Gasteiger partial charge on any atom is 0.316 e. The van der Waals surface area contributed by atoms with Gasteiger partial charge in [0, 0.05) is 31.0 Å². The van der Waals surface area contributed by atoms with Crippen LogP contribution in [0.5, 0.6) is 5.75 Å². The number of hydrogen-bond acceptors (Lipinski definition) is 4. The van der Waals surface area contributed by atoms with Crippen LogP contribution in [0.15, 0.2) is 65.5 Å². The minimum absolute atomic E-state index is 0.0535. The van der Waals surface area contributed by atoms with E-state index < -0.39 is 5.56 Å². The molecular weight excluding hydrogens is 450 g/mol. The van der Waals surface area contributed by atoms with Crippen molar-refractivity contribution in [2.45, 2.75) is 76.0 Å². The van der Waals surface area contributed by atoms with Gasteiger partial charge in [-0.1, -0.05) is 73.5 Å². The third-order valence-electron chi connectivity index (χ3n) is 8.43. The Morgan fingerprint density at radius 3 is 2.25 bits per heavy atom. The molecule has 2 aromatic carbocycles. The average Bonchev–Trinajstić information content (AvgIpc) is 3.35. The quantitative estimate of drug-likeness (QED) is 0.480. The first-order chi connectivity index (χ1) is 17.6. The van der Waals surface area contributed by atoms with Crippen LogP contribution in [0.3, 0.4) is 0 Å². The molecule has 0 atom stereocenters. The lowest BCUT2D eigenvalue weighted by Gasteiger charge is -2.41. The van der Waals surface area contributed by atoms with Crippen LogP contribution in [-0.2, 0) is 25.0 Å². The normalized spacial score (nSPS) is 19.1. The second-order valence-electron chi connectivity index (χ2n) is 10.6. The van der Waals surface area contributed by atoms with Gasteiger partial charge >= 0.3 is 5.56 Å². The Morgan fingerprint density at radius 2 is 1.58 bits per heavy atom. The van der Waals surface area contributed by atoms with E-state index in [1.807, 2.05) is 45.9 Å². The lowest BCUT2D eigenvalue weighted by molar-refractivity contribution is 0.0497. The summed E-state index contributed by atoms with van der Waals surface area (Å²) >= 11 is 0. The van der Waals surface area contributed by atoms with Gasteiger partial charge in [0.25, 0.3) is 5.91 Å². The highest BCUT2D eigenvalue weighted by Crippen LogP contribution is 2.44. The van der Waals surface area contributed by atoms with Gasteiger partial charge in [-0.15, -0.1) is 0 Å². The van der Waals surface area contributed by atoms with Crippen molar-refractivity contribution in [3.63, 3.8) is 0 Å². The predicted octanol–water partition coefficient (Wildman–Crippen LogP) is 4.89. The first-order valence-corrected chi connectivity index (χ1v) is 13.3. The lowest BCUT2D eigenvalue weighted by atomic mass is 9.76. The van der Waals surface area contributed by atoms with Crippen molar-refractivity contribution in [1.82, 2.24) is 14.5 Å². The summed E-state index contributed by atoms with van der Waals surface area (Å²) < 4.78 is 8.07. The summed E-state index contributed by atoms with van der Waals surface area (Å²) in [6.45, 7) is 1.53. The zero-order chi connectivity index (χ0) is 24.5. The molecule has 2 heterocycles. The fraction of sp³-hybridized carbons (Fsp3) is 0.433. The fourth-order valence-electron chi connectivity index (χ4n) is 6.24. The lowest BCUT2D eigenvalue weighted by Crippen LogP contribution is -2.51. The van der Waals surface area contributed by atoms with Gasteiger partial charge in [0.1, 0.15) is 12.4 Å². The number of nitrogens with zero attached hydrogens (tertiary/aromatic N) is 3. The van der Waals surface area contributed by atoms with Crippen LogP contribution in [0.1, 0.15) is 72.4 Å². The number of fused-ring (bicyclic) bond motifs is 1. The van der Waals surface area contributed by atoms with Crippen LogP contribution >= 0.6 is 0 Å². The highest BCUT2D eigenvalue weighted by atomic mass is 16.5. The summed E-state index contributed by atoms with van der Waals surface area (Å²) in [6.07, 6.45) is 8.34. The van der Waals surface area contributed by atoms with Crippen LogP contribution in [0, 0.1) is 0 Å². The molecule has 2 fully saturated rings. The number of rotatable bonds is 7. The molecule has 0 unspecified atom stereocenters. The van der Waals surface area contributed by atoms with Crippen molar-refractivity contribution in [1.29, 1.82) is 0 Å². The van der Waals surface area contributed by atoms with Crippen LogP contribution in [0.2, 0.25) is 0 Å². The molecule has 1 amide bonds. The monoisotopic (exact) mass is 483 g/mol. The molecule has 186 valence electrons. The number of amides is 1. The molecule has 36 heavy (non-hydrogen) atoms. The largest absolute Gasteiger partial charge is 0.481 e. The standard InChI is InChI=1S/C30H33N3O3/c34-28-27(36-21-22-10-3-1-4-11-22)26-29(35)32(24-14-9-15-24)18-19-33(26)25(31-28)20-30(16-7-8-17-30)23-12-5-2-6-13-23/h1-6,10-13,24H,7-9,14-21H2. The Balaban J connectivity index is 1.41. The third-order valence-corrected chi connectivity index (χ3v) is 8.43. The van der Waals surface area contributed by atoms with E-state index in [1.54, 1.807) is 0 Å². The predicted molar refractivity (Wildman–Crippen MR) is 138 cm³/mol. The molecule has 6 rings (SSSR count). The molecule has 0 spiro atoms. The van der Waals surface area contributed by atoms with E-state index in [-0.39, 0.29) is 29.7 Å². The Hall–Kier alpha value is -3.41. The van der Waals surface area contributed by atoms with E-state index >= 15 is 0 Å². The molecular formula is C30H33N3O3. The van der Waals surface area contributed by atoms with E-state index in [0.717, 1.165) is 43.5 Å². The van der Waals surface area contributed by atoms with Gasteiger partial charge in [0.2, 0.25) is 5.75 Å². The summed E-state index contributed by atoms with van der Waals surface area (Å²) in [4.78, 5) is 33.8. The highest BCUT2D eigenvalue weighted by molar-refractivity contribution is 5.96. The van der Waals surface area contributed by atoms with E-state index in [4.69, 9.17) is 4.74 Å². The van der Waals surface area contributed by atoms with E-state index in [2.05, 4.69) is 29.2 Å². The molecule has 1 aromatic heterocycles. The molecule has 3 aliphatic rings. The molecule has 3 aromatic rings. The first kappa shape index (κ1) is 23.0. The Bertz CT molecular complexity index is 1290. The van der Waals surface area contributed by atoms with Crippen LogP contribution in [-0.4, -0.2) is 32.9 Å². The molecule has 0 bridgehead atoms. The van der Waals surface area contributed by atoms with Gasteiger partial charge in [0.15, 0.2) is 5.69 Å². The van der Waals surface area contributed by atoms with Crippen molar-refractivity contribution < 1.29 is 9.53 Å². The molecule has 0 saturated heterocycles. The summed E-state index contributed by atoms with van der Waals surface area (Å²) in [5.41, 5.74) is 2.15. The second kappa shape index (κ2) is 9.57. The van der Waals surface area contributed by atoms with Crippen molar-refractivity contribution >= 4 is 5.91 Å². The number of benzene rings is 2. The number of carbonyl (C=O) groups is 1. The van der Waals surface area contributed by atoms with Gasteiger partial charge < -0.3 is 14.2 Å². The Kier molecular flexibility index (Phi) is 6.12. The number of carbonyl (C=O) groups excluding carboxylic acids is 1. The van der Waals surface area contributed by atoms with Crippen molar-refractivity contribution in [2.24, 2.45) is 0 Å². The molecule has 2 saturated carbocycles. The second-order valence-corrected chi connectivity index (χ2v) is 10.6. The molecule has 1 aliphatic heterocycles. The zero-order valence-corrected chi connectivity index (χ0v) is 20.7. The van der Waals surface area contributed by atoms with Gasteiger partial charge in [-0.2, -0.15) is 4.98 Å². The van der Waals surface area contributed by atoms with E-state index in [0.29, 0.717) is 25.2 Å². The van der Waals surface area contributed by atoms with Crippen molar-refractivity contribution in [3.8, 4) is 5.75 Å². The van der Waals surface area contributed by atoms with E-state index in [1.165, 1.54) is 18.4 Å². The highest BCUT2D eigenvalue weighted by Gasteiger charge is 2.41. The van der Waals surface area contributed by atoms with Crippen LogP contribution in [0.25, 0.3) is 0 Å². The van der Waals surface area contributed by atoms with Crippen LogP contribution < -0.4 is 10.3 Å². The molecule has 6 nitrogen and oxygen atoms in total. The molecule has 2 aliphatic carbocycles. The van der Waals surface area contributed by atoms with Gasteiger partial charge in [0.05, 0.1) is 0 Å². The van der Waals surface area contributed by atoms with E-state index in [9.17, 15) is 9.59 Å². The number of hydrogen-bond donors (Lipinski definition) is 0. The minimum Gasteiger partial charge on any atom is -0.481 e. The van der Waals surface area contributed by atoms with Gasteiger partial charge in [-0.25, -0.2) is 0 Å². The van der Waals surface area contributed by atoms with Crippen molar-refractivity contribution in [2.75, 3.05) is 6.54 Å². The Morgan fingerprint density at radius 1 is 0.889 bits per heavy atom. The third kappa shape index (κ3) is 4.12. The molecule has 6 heteroatoms. The minimum atomic E-state index is -0.433. The molecule has 0 radical (unpaired) electrons. The first-order valence-electron chi connectivity index (χ1n) is 13.3. The number of aromatic nitrogens is 2. The maximum absolute atomic E-state index is 13.8. The van der Waals surface area contributed by atoms with Gasteiger partial charge in [-0.05, 0) is 43.2 Å². The maximum atomic E-state index is 13.8. The summed E-state index contributed by atoms with van der Waals surface area (Å²) in [7, 11) is 0. The van der Waals surface area contributed by atoms with Crippen molar-refractivity contribution in [3.05, 3.63) is 93.7 Å². The fourth-order valence-corrected chi connectivity index (χ4v) is 6.24. The topological polar surface area (TPSA) is 64.4 Å². The smallest absolute Gasteiger partial charge is 0.316 e. The zero-order valence-electron chi connectivity index (χ0n) is 20.7. The summed E-state index contributed by atoms with van der Waals surface area (Å²) in [6, 6.07) is 20.6. The average molecular weight is 484 g/mol. The van der Waals surface area contributed by atoms with Crippen LogP contribution in [0.4, 0.5) is 0 Å². The SMILES string of the molecule is O=C1c2c(OCc3ccccc3)c(=O)nc(CC3(c4ccccc4)CCCC3)n2CCN1C1CCC1. The number of ether oxygens (including phenoxy) is 1. The Labute approximate surface area is 211 Å². The molecule has 0 N–H and O–H groups in total. The van der Waals surface area contributed by atoms with Gasteiger partial charge in [-0.3, -0.25) is 9.59 Å². The summed E-state index contributed by atoms with van der Waals surface area (Å²) in [5.74, 6) is 0.723.